The highest BCUT2D eigenvalue weighted by Gasteiger charge is 2.20. The van der Waals surface area contributed by atoms with Crippen molar-refractivity contribution in [3.05, 3.63) is 41.5 Å². The normalized spacial score (nSPS) is 17.1. The molecule has 96 valence electrons. The zero-order chi connectivity index (χ0) is 13.0. The average molecular weight is 246 g/mol. The van der Waals surface area contributed by atoms with Gasteiger partial charge in [-0.15, -0.1) is 0 Å². The van der Waals surface area contributed by atoms with Gasteiger partial charge in [-0.3, -0.25) is 4.79 Å². The Morgan fingerprint density at radius 3 is 3.00 bits per heavy atom. The molecule has 0 heterocycles. The number of hydrogen-bond acceptors (Lipinski definition) is 3. The van der Waals surface area contributed by atoms with Crippen molar-refractivity contribution in [2.75, 3.05) is 13.7 Å². The molecule has 18 heavy (non-hydrogen) atoms. The van der Waals surface area contributed by atoms with E-state index in [2.05, 4.69) is 18.2 Å². The lowest BCUT2D eigenvalue weighted by atomic mass is 9.86. The Hall–Kier alpha value is -1.77. The number of fused-ring (bicyclic) bond motifs is 1. The third-order valence-corrected chi connectivity index (χ3v) is 3.15. The lowest BCUT2D eigenvalue weighted by Gasteiger charge is -2.21. The predicted octanol–water partition coefficient (Wildman–Crippen LogP) is 2.84. The van der Waals surface area contributed by atoms with Crippen molar-refractivity contribution in [1.29, 1.82) is 0 Å². The molecule has 0 amide bonds. The first-order valence-electron chi connectivity index (χ1n) is 6.23. The van der Waals surface area contributed by atoms with Crippen LogP contribution >= 0.6 is 0 Å². The molecule has 1 aromatic rings. The van der Waals surface area contributed by atoms with Crippen LogP contribution in [0.25, 0.3) is 0 Å². The maximum absolute atomic E-state index is 11.6. The first kappa shape index (κ1) is 12.7. The van der Waals surface area contributed by atoms with Gasteiger partial charge in [-0.25, -0.2) is 0 Å². The summed E-state index contributed by atoms with van der Waals surface area (Å²) in [5.41, 5.74) is 2.43. The van der Waals surface area contributed by atoms with Crippen molar-refractivity contribution < 1.29 is 14.3 Å². The summed E-state index contributed by atoms with van der Waals surface area (Å²) in [7, 11) is 1.65. The van der Waals surface area contributed by atoms with Crippen molar-refractivity contribution in [3.63, 3.8) is 0 Å². The van der Waals surface area contributed by atoms with Crippen LogP contribution in [0.15, 0.2) is 30.4 Å². The Kier molecular flexibility index (Phi) is 4.03. The van der Waals surface area contributed by atoms with Crippen LogP contribution in [0.5, 0.6) is 5.75 Å². The Morgan fingerprint density at radius 2 is 2.28 bits per heavy atom. The maximum atomic E-state index is 11.6. The van der Waals surface area contributed by atoms with Gasteiger partial charge < -0.3 is 9.47 Å². The lowest BCUT2D eigenvalue weighted by molar-refractivity contribution is -0.143. The number of benzene rings is 1. The van der Waals surface area contributed by atoms with Crippen molar-refractivity contribution in [2.45, 2.75) is 25.7 Å². The molecule has 3 heteroatoms. The van der Waals surface area contributed by atoms with Crippen LogP contribution < -0.4 is 4.74 Å². The Bertz CT molecular complexity index is 463. The Morgan fingerprint density at radius 1 is 1.44 bits per heavy atom. The van der Waals surface area contributed by atoms with E-state index < -0.39 is 0 Å². The standard InChI is InChI=1S/C15H18O3/c1-3-18-15(16)9-12-6-4-5-11-7-8-13(17-2)10-14(11)12/h4,6-8,10,12H,3,5,9H2,1-2H3. The van der Waals surface area contributed by atoms with Gasteiger partial charge in [0.1, 0.15) is 5.75 Å². The number of carbonyl (C=O) groups is 1. The summed E-state index contributed by atoms with van der Waals surface area (Å²) in [4.78, 5) is 11.6. The van der Waals surface area contributed by atoms with Crippen LogP contribution in [0.1, 0.15) is 30.4 Å². The number of hydrogen-bond donors (Lipinski definition) is 0. The van der Waals surface area contributed by atoms with E-state index in [0.29, 0.717) is 13.0 Å². The smallest absolute Gasteiger partial charge is 0.306 e. The molecule has 0 aliphatic heterocycles. The molecule has 0 saturated heterocycles. The summed E-state index contributed by atoms with van der Waals surface area (Å²) in [6.07, 6.45) is 5.50. The van der Waals surface area contributed by atoms with Crippen molar-refractivity contribution in [1.82, 2.24) is 0 Å². The van der Waals surface area contributed by atoms with E-state index in [0.717, 1.165) is 12.2 Å². The molecule has 0 fully saturated rings. The highest BCUT2D eigenvalue weighted by molar-refractivity contribution is 5.71. The molecule has 0 radical (unpaired) electrons. The van der Waals surface area contributed by atoms with Crippen molar-refractivity contribution >= 4 is 5.97 Å². The minimum absolute atomic E-state index is 0.0999. The van der Waals surface area contributed by atoms with E-state index in [-0.39, 0.29) is 11.9 Å². The number of allylic oxidation sites excluding steroid dienone is 2. The molecule has 0 bridgehead atoms. The first-order valence-corrected chi connectivity index (χ1v) is 6.23. The molecule has 1 aliphatic carbocycles. The molecule has 0 N–H and O–H groups in total. The highest BCUT2D eigenvalue weighted by atomic mass is 16.5. The highest BCUT2D eigenvalue weighted by Crippen LogP contribution is 2.32. The Labute approximate surface area is 107 Å². The molecule has 1 atom stereocenters. The summed E-state index contributed by atoms with van der Waals surface area (Å²) >= 11 is 0. The average Bonchev–Trinajstić information content (AvgIpc) is 2.39. The number of methoxy groups -OCH3 is 1. The summed E-state index contributed by atoms with van der Waals surface area (Å²) in [5, 5.41) is 0. The fourth-order valence-electron chi connectivity index (χ4n) is 2.27. The first-order chi connectivity index (χ1) is 8.74. The molecule has 3 nitrogen and oxygen atoms in total. The quantitative estimate of drug-likeness (QED) is 0.605. The second-order valence-electron chi connectivity index (χ2n) is 4.31. The minimum atomic E-state index is -0.150. The third kappa shape index (κ3) is 2.73. The molecule has 1 unspecified atom stereocenters. The summed E-state index contributed by atoms with van der Waals surface area (Å²) in [6.45, 7) is 2.26. The van der Waals surface area contributed by atoms with E-state index in [1.54, 1.807) is 7.11 Å². The molecule has 0 saturated carbocycles. The van der Waals surface area contributed by atoms with Gasteiger partial charge in [0.25, 0.3) is 0 Å². The topological polar surface area (TPSA) is 35.5 Å². The van der Waals surface area contributed by atoms with Gasteiger partial charge in [0.05, 0.1) is 20.1 Å². The third-order valence-electron chi connectivity index (χ3n) is 3.15. The maximum Gasteiger partial charge on any atom is 0.306 e. The van der Waals surface area contributed by atoms with E-state index in [9.17, 15) is 4.79 Å². The second kappa shape index (κ2) is 5.71. The van der Waals surface area contributed by atoms with Gasteiger partial charge in [0.2, 0.25) is 0 Å². The number of carbonyl (C=O) groups excluding carboxylic acids is 1. The number of ether oxygens (including phenoxy) is 2. The fourth-order valence-corrected chi connectivity index (χ4v) is 2.27. The second-order valence-corrected chi connectivity index (χ2v) is 4.31. The lowest BCUT2D eigenvalue weighted by Crippen LogP contribution is -2.12. The summed E-state index contributed by atoms with van der Waals surface area (Å²) < 4.78 is 10.3. The summed E-state index contributed by atoms with van der Waals surface area (Å²) in [5.74, 6) is 0.781. The van der Waals surface area contributed by atoms with Gasteiger partial charge >= 0.3 is 5.97 Å². The minimum Gasteiger partial charge on any atom is -0.497 e. The van der Waals surface area contributed by atoms with E-state index in [4.69, 9.17) is 9.47 Å². The van der Waals surface area contributed by atoms with Gasteiger partial charge in [-0.05, 0) is 36.6 Å². The van der Waals surface area contributed by atoms with Crippen molar-refractivity contribution in [3.8, 4) is 5.75 Å². The van der Waals surface area contributed by atoms with Crippen LogP contribution in [-0.2, 0) is 16.0 Å². The predicted molar refractivity (Wildman–Crippen MR) is 69.8 cm³/mol. The van der Waals surface area contributed by atoms with E-state index in [1.807, 2.05) is 19.1 Å². The van der Waals surface area contributed by atoms with E-state index in [1.165, 1.54) is 11.1 Å². The van der Waals surface area contributed by atoms with Gasteiger partial charge in [0, 0.05) is 5.92 Å². The molecule has 1 aliphatic rings. The van der Waals surface area contributed by atoms with E-state index >= 15 is 0 Å². The molecule has 1 aromatic carbocycles. The molecule has 0 aromatic heterocycles. The monoisotopic (exact) mass is 246 g/mol. The molecular formula is C15H18O3. The fraction of sp³-hybridized carbons (Fsp3) is 0.400. The molecule has 2 rings (SSSR count). The van der Waals surface area contributed by atoms with Crippen molar-refractivity contribution in [2.24, 2.45) is 0 Å². The van der Waals surface area contributed by atoms with Crippen LogP contribution in [0, 0.1) is 0 Å². The summed E-state index contributed by atoms with van der Waals surface area (Å²) in [6, 6.07) is 6.04. The SMILES string of the molecule is CCOC(=O)CC1C=CCc2ccc(OC)cc21. The Balaban J connectivity index is 2.20. The van der Waals surface area contributed by atoms with Crippen LogP contribution in [0.3, 0.4) is 0 Å². The van der Waals surface area contributed by atoms with Gasteiger partial charge in [0.15, 0.2) is 0 Å². The molecular weight excluding hydrogens is 228 g/mol. The van der Waals surface area contributed by atoms with Crippen LogP contribution in [0.2, 0.25) is 0 Å². The zero-order valence-corrected chi connectivity index (χ0v) is 10.8. The largest absolute Gasteiger partial charge is 0.497 e. The number of rotatable bonds is 4. The zero-order valence-electron chi connectivity index (χ0n) is 10.8. The molecule has 0 spiro atoms. The van der Waals surface area contributed by atoms with Gasteiger partial charge in [-0.2, -0.15) is 0 Å². The van der Waals surface area contributed by atoms with Crippen LogP contribution in [-0.4, -0.2) is 19.7 Å². The van der Waals surface area contributed by atoms with Crippen LogP contribution in [0.4, 0.5) is 0 Å². The number of esters is 1. The van der Waals surface area contributed by atoms with Gasteiger partial charge in [-0.1, -0.05) is 18.2 Å².